The van der Waals surface area contributed by atoms with Crippen LogP contribution in [0.2, 0.25) is 0 Å². The summed E-state index contributed by atoms with van der Waals surface area (Å²) in [5.74, 6) is 0.112. The molecule has 4 aromatic rings. The molecule has 0 radical (unpaired) electrons. The highest BCUT2D eigenvalue weighted by molar-refractivity contribution is 5.78. The Morgan fingerprint density at radius 1 is 1.06 bits per heavy atom. The van der Waals surface area contributed by atoms with Crippen LogP contribution in [0.25, 0.3) is 28.0 Å². The summed E-state index contributed by atoms with van der Waals surface area (Å²) in [5.41, 5.74) is 4.60. The number of aromatic nitrogens is 7. The Bertz CT molecular complexity index is 1290. The van der Waals surface area contributed by atoms with Crippen LogP contribution in [0.3, 0.4) is 0 Å². The lowest BCUT2D eigenvalue weighted by molar-refractivity contribution is -0.139. The number of fused-ring (bicyclic) bond motifs is 1. The fourth-order valence-corrected chi connectivity index (χ4v) is 5.10. The van der Waals surface area contributed by atoms with Crippen molar-refractivity contribution < 1.29 is 9.47 Å². The van der Waals surface area contributed by atoms with Gasteiger partial charge < -0.3 is 9.47 Å². The van der Waals surface area contributed by atoms with Crippen LogP contribution in [0.4, 0.5) is 0 Å². The van der Waals surface area contributed by atoms with Crippen LogP contribution < -0.4 is 0 Å². The molecule has 2 aliphatic rings. The van der Waals surface area contributed by atoms with Crippen LogP contribution in [0, 0.1) is 5.92 Å². The Labute approximate surface area is 192 Å². The van der Waals surface area contributed by atoms with Gasteiger partial charge in [0.15, 0.2) is 5.79 Å². The molecule has 3 atom stereocenters. The van der Waals surface area contributed by atoms with E-state index in [2.05, 4.69) is 28.0 Å². The van der Waals surface area contributed by atoms with Gasteiger partial charge in [-0.25, -0.2) is 9.50 Å². The van der Waals surface area contributed by atoms with Gasteiger partial charge in [-0.2, -0.15) is 15.3 Å². The fraction of sp³-hybridized carbons (Fsp3) is 0.500. The summed E-state index contributed by atoms with van der Waals surface area (Å²) in [5, 5.41) is 13.7. The van der Waals surface area contributed by atoms with E-state index in [0.29, 0.717) is 25.1 Å². The predicted molar refractivity (Wildman–Crippen MR) is 122 cm³/mol. The minimum absolute atomic E-state index is 0.0197. The molecule has 1 saturated carbocycles. The quantitative estimate of drug-likeness (QED) is 0.460. The number of hydrogen-bond donors (Lipinski definition) is 0. The lowest BCUT2D eigenvalue weighted by atomic mass is 10.1. The van der Waals surface area contributed by atoms with E-state index in [4.69, 9.17) is 19.6 Å². The van der Waals surface area contributed by atoms with E-state index in [1.807, 2.05) is 53.9 Å². The molecule has 0 aromatic carbocycles. The smallest absolute Gasteiger partial charge is 0.163 e. The molecule has 0 bridgehead atoms. The van der Waals surface area contributed by atoms with Gasteiger partial charge in [0.1, 0.15) is 6.10 Å². The van der Waals surface area contributed by atoms with Crippen LogP contribution >= 0.6 is 0 Å². The second-order valence-electron chi connectivity index (χ2n) is 9.72. The third kappa shape index (κ3) is 3.85. The molecule has 2 unspecified atom stereocenters. The molecule has 9 nitrogen and oxygen atoms in total. The summed E-state index contributed by atoms with van der Waals surface area (Å²) < 4.78 is 17.5. The Kier molecular flexibility index (Phi) is 4.84. The number of hydrogen-bond acceptors (Lipinski definition) is 6. The Morgan fingerprint density at radius 2 is 1.94 bits per heavy atom. The Balaban J connectivity index is 1.31. The van der Waals surface area contributed by atoms with Gasteiger partial charge in [-0.05, 0) is 38.7 Å². The first kappa shape index (κ1) is 20.6. The monoisotopic (exact) mass is 447 g/mol. The van der Waals surface area contributed by atoms with Crippen molar-refractivity contribution in [2.24, 2.45) is 5.92 Å². The molecule has 0 amide bonds. The molecule has 6 rings (SSSR count). The highest BCUT2D eigenvalue weighted by Gasteiger charge is 2.33. The van der Waals surface area contributed by atoms with Crippen LogP contribution in [0.5, 0.6) is 0 Å². The van der Waals surface area contributed by atoms with Crippen molar-refractivity contribution in [1.82, 2.24) is 34.2 Å². The number of nitrogens with zero attached hydrogens (tertiary/aromatic N) is 7. The van der Waals surface area contributed by atoms with Gasteiger partial charge in [0, 0.05) is 23.5 Å². The first-order chi connectivity index (χ1) is 15.9. The largest absolute Gasteiger partial charge is 0.348 e. The molecule has 1 aliphatic heterocycles. The topological polar surface area (TPSA) is 84.3 Å². The summed E-state index contributed by atoms with van der Waals surface area (Å²) in [6.45, 7) is 7.37. The van der Waals surface area contributed by atoms with E-state index in [9.17, 15) is 0 Å². The van der Waals surface area contributed by atoms with Crippen molar-refractivity contribution in [2.45, 2.75) is 64.5 Å². The second kappa shape index (κ2) is 7.78. The maximum absolute atomic E-state index is 5.92. The maximum Gasteiger partial charge on any atom is 0.163 e. The van der Waals surface area contributed by atoms with Crippen LogP contribution in [0.15, 0.2) is 43.2 Å². The third-order valence-electron chi connectivity index (χ3n) is 6.81. The fourth-order valence-electron chi connectivity index (χ4n) is 5.10. The lowest BCUT2D eigenvalue weighted by Crippen LogP contribution is -2.24. The van der Waals surface area contributed by atoms with Crippen molar-refractivity contribution in [2.75, 3.05) is 6.61 Å². The Morgan fingerprint density at radius 3 is 2.73 bits per heavy atom. The molecule has 5 heterocycles. The second-order valence-corrected chi connectivity index (χ2v) is 9.72. The van der Waals surface area contributed by atoms with Gasteiger partial charge in [0.05, 0.1) is 60.9 Å². The summed E-state index contributed by atoms with van der Waals surface area (Å²) in [7, 11) is 0. The first-order valence-corrected chi connectivity index (χ1v) is 11.7. The molecule has 9 heteroatoms. The van der Waals surface area contributed by atoms with Gasteiger partial charge in [-0.1, -0.05) is 13.3 Å². The lowest BCUT2D eigenvalue weighted by Gasteiger charge is -2.16. The molecule has 0 N–H and O–H groups in total. The summed E-state index contributed by atoms with van der Waals surface area (Å²) >= 11 is 0. The normalized spacial score (nSPS) is 24.8. The molecule has 4 aromatic heterocycles. The SMILES string of the molecule is CC1CCCC1n1cc(-c2nc(-c3cnn(C[C@@H]4COC(C)(C)O4)c3)cn3nccc23)cn1. The molecular formula is C24H29N7O2. The molecule has 1 saturated heterocycles. The number of ether oxygens (including phenoxy) is 2. The molecule has 33 heavy (non-hydrogen) atoms. The van der Waals surface area contributed by atoms with Crippen LogP contribution in [-0.2, 0) is 16.0 Å². The number of rotatable bonds is 5. The van der Waals surface area contributed by atoms with E-state index < -0.39 is 5.79 Å². The van der Waals surface area contributed by atoms with Gasteiger partial charge in [-0.3, -0.25) is 9.36 Å². The molecule has 2 fully saturated rings. The van der Waals surface area contributed by atoms with Crippen LogP contribution in [0.1, 0.15) is 46.1 Å². The van der Waals surface area contributed by atoms with Crippen molar-refractivity contribution in [3.05, 3.63) is 43.2 Å². The van der Waals surface area contributed by atoms with Gasteiger partial charge in [0.2, 0.25) is 0 Å². The first-order valence-electron chi connectivity index (χ1n) is 11.7. The highest BCUT2D eigenvalue weighted by atomic mass is 16.7. The standard InChI is InChI=1S/C24H29N7O2/c1-16-5-4-6-21(16)30-12-18(10-27-30)23-22-7-8-25-31(22)14-20(28-23)17-9-26-29(11-17)13-19-15-32-24(2,3)33-19/h7-12,14,16,19,21H,4-6,13,15H2,1-3H3/t16?,19-,21?/m1/s1. The zero-order chi connectivity index (χ0) is 22.6. The van der Waals surface area contributed by atoms with Crippen LogP contribution in [-0.4, -0.2) is 52.7 Å². The molecule has 0 spiro atoms. The molecule has 172 valence electrons. The summed E-state index contributed by atoms with van der Waals surface area (Å²) in [6, 6.07) is 2.46. The zero-order valence-corrected chi connectivity index (χ0v) is 19.3. The minimum Gasteiger partial charge on any atom is -0.348 e. The summed E-state index contributed by atoms with van der Waals surface area (Å²) in [6.07, 6.45) is 15.3. The molecule has 1 aliphatic carbocycles. The summed E-state index contributed by atoms with van der Waals surface area (Å²) in [4.78, 5) is 5.02. The highest BCUT2D eigenvalue weighted by Crippen LogP contribution is 2.36. The van der Waals surface area contributed by atoms with Crippen molar-refractivity contribution in [3.63, 3.8) is 0 Å². The van der Waals surface area contributed by atoms with Gasteiger partial charge in [0.25, 0.3) is 0 Å². The minimum atomic E-state index is -0.539. The average molecular weight is 448 g/mol. The van der Waals surface area contributed by atoms with E-state index in [1.165, 1.54) is 19.3 Å². The van der Waals surface area contributed by atoms with Crippen molar-refractivity contribution >= 4 is 5.52 Å². The third-order valence-corrected chi connectivity index (χ3v) is 6.81. The predicted octanol–water partition coefficient (Wildman–Crippen LogP) is 3.97. The average Bonchev–Trinajstić information content (AvgIpc) is 3.59. The van der Waals surface area contributed by atoms with E-state index >= 15 is 0 Å². The van der Waals surface area contributed by atoms with Gasteiger partial charge >= 0.3 is 0 Å². The maximum atomic E-state index is 5.92. The molecular weight excluding hydrogens is 418 g/mol. The van der Waals surface area contributed by atoms with E-state index in [-0.39, 0.29) is 6.10 Å². The van der Waals surface area contributed by atoms with E-state index in [1.54, 1.807) is 6.20 Å². The van der Waals surface area contributed by atoms with Gasteiger partial charge in [-0.15, -0.1) is 0 Å². The van der Waals surface area contributed by atoms with Crippen molar-refractivity contribution in [3.8, 4) is 22.5 Å². The van der Waals surface area contributed by atoms with Crippen molar-refractivity contribution in [1.29, 1.82) is 0 Å². The van der Waals surface area contributed by atoms with E-state index in [0.717, 1.165) is 28.0 Å². The Hall–Kier alpha value is -3.04. The zero-order valence-electron chi connectivity index (χ0n) is 19.3.